The molecular formula is C15H19NO4. The first-order valence-corrected chi connectivity index (χ1v) is 6.44. The Labute approximate surface area is 117 Å². The Balaban J connectivity index is 2.66. The lowest BCUT2D eigenvalue weighted by molar-refractivity contribution is -0.142. The molecule has 0 spiro atoms. The summed E-state index contributed by atoms with van der Waals surface area (Å²) in [6, 6.07) is 5.44. The first kappa shape index (κ1) is 15.8. The molecular weight excluding hydrogens is 258 g/mol. The summed E-state index contributed by atoms with van der Waals surface area (Å²) in [5, 5.41) is 20.7. The minimum atomic E-state index is -1.04. The number of benzene rings is 1. The Morgan fingerprint density at radius 1 is 1.30 bits per heavy atom. The Bertz CT molecular complexity index is 493. The summed E-state index contributed by atoms with van der Waals surface area (Å²) in [7, 11) is 0. The predicted octanol–water partition coefficient (Wildman–Crippen LogP) is 2.02. The number of carbonyl (C=O) groups excluding carboxylic acids is 1. The van der Waals surface area contributed by atoms with Crippen molar-refractivity contribution >= 4 is 18.0 Å². The number of carbonyl (C=O) groups is 2. The van der Waals surface area contributed by atoms with E-state index in [1.165, 1.54) is 18.2 Å². The van der Waals surface area contributed by atoms with Crippen LogP contribution >= 0.6 is 0 Å². The number of amides is 1. The van der Waals surface area contributed by atoms with Crippen LogP contribution in [-0.4, -0.2) is 28.1 Å². The molecule has 0 bridgehead atoms. The van der Waals surface area contributed by atoms with Crippen LogP contribution in [0.4, 0.5) is 0 Å². The quantitative estimate of drug-likeness (QED) is 0.694. The average Bonchev–Trinajstić information content (AvgIpc) is 2.43. The van der Waals surface area contributed by atoms with Gasteiger partial charge in [-0.15, -0.1) is 0 Å². The molecule has 0 aliphatic carbocycles. The highest BCUT2D eigenvalue weighted by Gasteiger charge is 2.24. The van der Waals surface area contributed by atoms with E-state index in [0.29, 0.717) is 6.42 Å². The second-order valence-electron chi connectivity index (χ2n) is 4.63. The van der Waals surface area contributed by atoms with Crippen molar-refractivity contribution in [2.45, 2.75) is 26.3 Å². The topological polar surface area (TPSA) is 86.6 Å². The van der Waals surface area contributed by atoms with E-state index in [0.717, 1.165) is 5.56 Å². The molecule has 0 saturated carbocycles. The molecule has 0 heterocycles. The number of hydrogen-bond donors (Lipinski definition) is 3. The molecule has 1 amide bonds. The molecule has 1 rings (SSSR count). The number of carboxylic acids is 1. The van der Waals surface area contributed by atoms with Gasteiger partial charge in [-0.25, -0.2) is 4.79 Å². The second-order valence-corrected chi connectivity index (χ2v) is 4.63. The molecule has 1 aromatic carbocycles. The average molecular weight is 277 g/mol. The van der Waals surface area contributed by atoms with Gasteiger partial charge >= 0.3 is 5.97 Å². The van der Waals surface area contributed by atoms with E-state index < -0.39 is 17.9 Å². The monoisotopic (exact) mass is 277 g/mol. The van der Waals surface area contributed by atoms with Crippen molar-refractivity contribution in [1.29, 1.82) is 0 Å². The van der Waals surface area contributed by atoms with Gasteiger partial charge in [0.05, 0.1) is 0 Å². The number of nitrogens with one attached hydrogen (secondary N) is 1. The normalized spacial score (nSPS) is 13.9. The van der Waals surface area contributed by atoms with Gasteiger partial charge in [0.25, 0.3) is 0 Å². The highest BCUT2D eigenvalue weighted by atomic mass is 16.4. The van der Waals surface area contributed by atoms with Gasteiger partial charge in [0.2, 0.25) is 5.91 Å². The maximum Gasteiger partial charge on any atom is 0.326 e. The molecule has 0 aromatic heterocycles. The summed E-state index contributed by atoms with van der Waals surface area (Å²) in [5.41, 5.74) is 0.744. The van der Waals surface area contributed by atoms with E-state index in [-0.39, 0.29) is 11.7 Å². The van der Waals surface area contributed by atoms with Crippen LogP contribution in [-0.2, 0) is 9.59 Å². The summed E-state index contributed by atoms with van der Waals surface area (Å²) in [5.74, 6) is -1.48. The number of aliphatic carboxylic acids is 1. The number of rotatable bonds is 6. The lowest BCUT2D eigenvalue weighted by atomic mass is 9.99. The molecule has 3 N–H and O–H groups in total. The molecule has 0 saturated heterocycles. The maximum absolute atomic E-state index is 11.7. The largest absolute Gasteiger partial charge is 0.508 e. The smallest absolute Gasteiger partial charge is 0.326 e. The van der Waals surface area contributed by atoms with E-state index in [1.54, 1.807) is 25.1 Å². The SMILES string of the molecule is CCC(C)C(NC(=O)/C=C/c1ccc(O)cc1)C(=O)O. The standard InChI is InChI=1S/C15H19NO4/c1-3-10(2)14(15(19)20)16-13(18)9-6-11-4-7-12(17)8-5-11/h4-10,14,17H,3H2,1-2H3,(H,16,18)(H,19,20)/b9-6+. The third kappa shape index (κ3) is 4.76. The van der Waals surface area contributed by atoms with Crippen LogP contribution in [0.3, 0.4) is 0 Å². The van der Waals surface area contributed by atoms with Crippen molar-refractivity contribution in [3.05, 3.63) is 35.9 Å². The summed E-state index contributed by atoms with van der Waals surface area (Å²) >= 11 is 0. The minimum absolute atomic E-state index is 0.140. The number of carboxylic acid groups (broad SMARTS) is 1. The van der Waals surface area contributed by atoms with Crippen LogP contribution in [0.1, 0.15) is 25.8 Å². The van der Waals surface area contributed by atoms with Crippen molar-refractivity contribution in [3.63, 3.8) is 0 Å². The molecule has 2 atom stereocenters. The zero-order chi connectivity index (χ0) is 15.1. The van der Waals surface area contributed by atoms with E-state index >= 15 is 0 Å². The second kappa shape index (κ2) is 7.33. The molecule has 5 heteroatoms. The van der Waals surface area contributed by atoms with Gasteiger partial charge in [0, 0.05) is 6.08 Å². The summed E-state index contributed by atoms with van der Waals surface area (Å²) in [4.78, 5) is 22.8. The molecule has 0 aliphatic rings. The fourth-order valence-electron chi connectivity index (χ4n) is 1.64. The number of phenols is 1. The van der Waals surface area contributed by atoms with Crippen LogP contribution in [0, 0.1) is 5.92 Å². The van der Waals surface area contributed by atoms with Crippen molar-refractivity contribution in [1.82, 2.24) is 5.32 Å². The highest BCUT2D eigenvalue weighted by Crippen LogP contribution is 2.11. The summed E-state index contributed by atoms with van der Waals surface area (Å²) in [6.07, 6.45) is 3.51. The van der Waals surface area contributed by atoms with Gasteiger partial charge in [-0.2, -0.15) is 0 Å². The third-order valence-electron chi connectivity index (χ3n) is 3.10. The Kier molecular flexibility index (Phi) is 5.77. The molecule has 0 aliphatic heterocycles. The zero-order valence-electron chi connectivity index (χ0n) is 11.5. The molecule has 5 nitrogen and oxygen atoms in total. The van der Waals surface area contributed by atoms with E-state index in [4.69, 9.17) is 10.2 Å². The lowest BCUT2D eigenvalue weighted by Crippen LogP contribution is -2.44. The fourth-order valence-corrected chi connectivity index (χ4v) is 1.64. The summed E-state index contributed by atoms with van der Waals surface area (Å²) < 4.78 is 0. The summed E-state index contributed by atoms with van der Waals surface area (Å²) in [6.45, 7) is 3.65. The van der Waals surface area contributed by atoms with Crippen molar-refractivity contribution in [3.8, 4) is 5.75 Å². The van der Waals surface area contributed by atoms with Crippen LogP contribution in [0.5, 0.6) is 5.75 Å². The Hall–Kier alpha value is -2.30. The van der Waals surface area contributed by atoms with Crippen molar-refractivity contribution in [2.75, 3.05) is 0 Å². The molecule has 20 heavy (non-hydrogen) atoms. The molecule has 2 unspecified atom stereocenters. The highest BCUT2D eigenvalue weighted by molar-refractivity contribution is 5.94. The van der Waals surface area contributed by atoms with E-state index in [1.807, 2.05) is 6.92 Å². The van der Waals surface area contributed by atoms with Crippen LogP contribution in [0.25, 0.3) is 6.08 Å². The molecule has 0 radical (unpaired) electrons. The third-order valence-corrected chi connectivity index (χ3v) is 3.10. The van der Waals surface area contributed by atoms with Gasteiger partial charge in [-0.1, -0.05) is 32.4 Å². The van der Waals surface area contributed by atoms with E-state index in [9.17, 15) is 9.59 Å². The Morgan fingerprint density at radius 3 is 2.40 bits per heavy atom. The fraction of sp³-hybridized carbons (Fsp3) is 0.333. The maximum atomic E-state index is 11.7. The lowest BCUT2D eigenvalue weighted by Gasteiger charge is -2.19. The predicted molar refractivity (Wildman–Crippen MR) is 76.2 cm³/mol. The van der Waals surface area contributed by atoms with Crippen molar-refractivity contribution < 1.29 is 19.8 Å². The molecule has 1 aromatic rings. The zero-order valence-corrected chi connectivity index (χ0v) is 11.5. The van der Waals surface area contributed by atoms with E-state index in [2.05, 4.69) is 5.32 Å². The first-order valence-electron chi connectivity index (χ1n) is 6.44. The Morgan fingerprint density at radius 2 is 1.90 bits per heavy atom. The number of phenolic OH excluding ortho intramolecular Hbond substituents is 1. The number of hydrogen-bond acceptors (Lipinski definition) is 3. The minimum Gasteiger partial charge on any atom is -0.508 e. The van der Waals surface area contributed by atoms with Gasteiger partial charge in [0.15, 0.2) is 0 Å². The number of aromatic hydroxyl groups is 1. The van der Waals surface area contributed by atoms with Gasteiger partial charge in [-0.3, -0.25) is 4.79 Å². The van der Waals surface area contributed by atoms with Gasteiger partial charge < -0.3 is 15.5 Å². The molecule has 0 fully saturated rings. The first-order chi connectivity index (χ1) is 9.43. The van der Waals surface area contributed by atoms with Gasteiger partial charge in [-0.05, 0) is 29.7 Å². The van der Waals surface area contributed by atoms with Gasteiger partial charge in [0.1, 0.15) is 11.8 Å². The van der Waals surface area contributed by atoms with Crippen molar-refractivity contribution in [2.24, 2.45) is 5.92 Å². The van der Waals surface area contributed by atoms with Crippen LogP contribution < -0.4 is 5.32 Å². The van der Waals surface area contributed by atoms with Crippen LogP contribution in [0.15, 0.2) is 30.3 Å². The van der Waals surface area contributed by atoms with Crippen LogP contribution in [0.2, 0.25) is 0 Å². The molecule has 108 valence electrons.